The smallest absolute Gasteiger partial charge is 0.313 e. The van der Waals surface area contributed by atoms with Crippen molar-refractivity contribution in [3.63, 3.8) is 0 Å². The van der Waals surface area contributed by atoms with Crippen LogP contribution >= 0.6 is 0 Å². The molecule has 0 aliphatic carbocycles. The van der Waals surface area contributed by atoms with E-state index in [0.717, 1.165) is 16.7 Å². The number of carbonyl (C=O) groups excluding carboxylic acids is 1. The van der Waals surface area contributed by atoms with Crippen LogP contribution in [0.4, 0.5) is 0 Å². The highest BCUT2D eigenvalue weighted by molar-refractivity contribution is 5.77. The fourth-order valence-corrected chi connectivity index (χ4v) is 2.43. The van der Waals surface area contributed by atoms with Gasteiger partial charge in [0, 0.05) is 6.04 Å². The van der Waals surface area contributed by atoms with Gasteiger partial charge in [0.15, 0.2) is 0 Å². The fraction of sp³-hybridized carbons (Fsp3) is 0.533. The van der Waals surface area contributed by atoms with Gasteiger partial charge in [0.25, 0.3) is 0 Å². The van der Waals surface area contributed by atoms with Crippen LogP contribution in [0, 0.1) is 26.2 Å². The molecule has 0 fully saturated rings. The second-order valence-electron chi connectivity index (χ2n) is 5.50. The molecule has 1 aromatic carbocycles. The van der Waals surface area contributed by atoms with Crippen LogP contribution in [0.1, 0.15) is 42.1 Å². The lowest BCUT2D eigenvalue weighted by Gasteiger charge is -2.31. The third-order valence-electron chi connectivity index (χ3n) is 3.54. The highest BCUT2D eigenvalue weighted by Crippen LogP contribution is 2.36. The minimum Gasteiger partial charge on any atom is -0.469 e. The van der Waals surface area contributed by atoms with Gasteiger partial charge in [0.1, 0.15) is 0 Å². The van der Waals surface area contributed by atoms with Crippen molar-refractivity contribution in [1.82, 2.24) is 0 Å². The molecule has 0 saturated carbocycles. The Morgan fingerprint density at radius 1 is 1.22 bits per heavy atom. The third kappa shape index (κ3) is 2.56. The largest absolute Gasteiger partial charge is 0.469 e. The zero-order valence-electron chi connectivity index (χ0n) is 12.1. The van der Waals surface area contributed by atoms with E-state index in [9.17, 15) is 4.79 Å². The monoisotopic (exact) mass is 249 g/mol. The van der Waals surface area contributed by atoms with Gasteiger partial charge in [-0.2, -0.15) is 0 Å². The molecule has 1 atom stereocenters. The van der Waals surface area contributed by atoms with E-state index in [4.69, 9.17) is 10.5 Å². The van der Waals surface area contributed by atoms with Crippen molar-refractivity contribution in [3.8, 4) is 0 Å². The number of benzene rings is 1. The number of hydrogen-bond acceptors (Lipinski definition) is 3. The van der Waals surface area contributed by atoms with Gasteiger partial charge in [-0.05, 0) is 51.3 Å². The van der Waals surface area contributed by atoms with E-state index in [1.54, 1.807) is 0 Å². The Balaban J connectivity index is 3.27. The lowest BCUT2D eigenvalue weighted by atomic mass is 9.78. The average molecular weight is 249 g/mol. The summed E-state index contributed by atoms with van der Waals surface area (Å²) in [5, 5.41) is 0. The maximum Gasteiger partial charge on any atom is 0.313 e. The van der Waals surface area contributed by atoms with E-state index in [0.29, 0.717) is 0 Å². The van der Waals surface area contributed by atoms with Crippen molar-refractivity contribution in [2.75, 3.05) is 7.11 Å². The van der Waals surface area contributed by atoms with Gasteiger partial charge in [-0.1, -0.05) is 17.7 Å². The summed E-state index contributed by atoms with van der Waals surface area (Å²) in [6, 6.07) is 3.82. The Labute approximate surface area is 109 Å². The van der Waals surface area contributed by atoms with Crippen molar-refractivity contribution >= 4 is 5.97 Å². The fourth-order valence-electron chi connectivity index (χ4n) is 2.43. The summed E-state index contributed by atoms with van der Waals surface area (Å²) in [7, 11) is 1.39. The number of rotatable bonds is 3. The van der Waals surface area contributed by atoms with Crippen molar-refractivity contribution in [3.05, 3.63) is 34.4 Å². The normalized spacial score (nSPS) is 13.3. The van der Waals surface area contributed by atoms with Crippen LogP contribution in [0.3, 0.4) is 0 Å². The number of carbonyl (C=O) groups is 1. The van der Waals surface area contributed by atoms with Gasteiger partial charge < -0.3 is 10.5 Å². The van der Waals surface area contributed by atoms with Gasteiger partial charge >= 0.3 is 5.97 Å². The highest BCUT2D eigenvalue weighted by Gasteiger charge is 2.37. The predicted octanol–water partition coefficient (Wildman–Crippen LogP) is 2.81. The Bertz CT molecular complexity index is 441. The minimum atomic E-state index is -0.737. The molecule has 2 N–H and O–H groups in total. The average Bonchev–Trinajstić information content (AvgIpc) is 2.26. The van der Waals surface area contributed by atoms with Gasteiger partial charge in [-0.15, -0.1) is 0 Å². The first-order valence-electron chi connectivity index (χ1n) is 6.13. The molecule has 0 amide bonds. The van der Waals surface area contributed by atoms with Gasteiger partial charge in [0.05, 0.1) is 12.5 Å². The number of hydrogen-bond donors (Lipinski definition) is 1. The van der Waals surface area contributed by atoms with Crippen LogP contribution in [0.5, 0.6) is 0 Å². The lowest BCUT2D eigenvalue weighted by Crippen LogP contribution is -2.38. The Kier molecular flexibility index (Phi) is 4.17. The molecule has 100 valence electrons. The first-order valence-corrected chi connectivity index (χ1v) is 6.13. The van der Waals surface area contributed by atoms with Crippen LogP contribution in [0.25, 0.3) is 0 Å². The van der Waals surface area contributed by atoms with Gasteiger partial charge in [-0.3, -0.25) is 4.79 Å². The van der Waals surface area contributed by atoms with E-state index in [2.05, 4.69) is 19.1 Å². The quantitative estimate of drug-likeness (QED) is 0.838. The number of methoxy groups -OCH3 is 1. The summed E-state index contributed by atoms with van der Waals surface area (Å²) in [6.07, 6.45) is 0. The number of nitrogens with two attached hydrogens (primary N) is 1. The summed E-state index contributed by atoms with van der Waals surface area (Å²) >= 11 is 0. The Morgan fingerprint density at radius 2 is 1.67 bits per heavy atom. The molecule has 0 unspecified atom stereocenters. The van der Waals surface area contributed by atoms with Crippen LogP contribution < -0.4 is 5.73 Å². The van der Waals surface area contributed by atoms with Crippen LogP contribution in [-0.2, 0) is 9.53 Å². The minimum absolute atomic E-state index is 0.283. The molecule has 0 saturated heterocycles. The second kappa shape index (κ2) is 5.11. The first kappa shape index (κ1) is 14.7. The second-order valence-corrected chi connectivity index (χ2v) is 5.50. The highest BCUT2D eigenvalue weighted by atomic mass is 16.5. The molecule has 1 rings (SSSR count). The van der Waals surface area contributed by atoms with Gasteiger partial charge in [-0.25, -0.2) is 0 Å². The molecule has 0 aliphatic rings. The molecule has 18 heavy (non-hydrogen) atoms. The summed E-state index contributed by atoms with van der Waals surface area (Å²) in [4.78, 5) is 11.8. The van der Waals surface area contributed by atoms with Crippen LogP contribution in [0.15, 0.2) is 12.1 Å². The third-order valence-corrected chi connectivity index (χ3v) is 3.54. The zero-order valence-corrected chi connectivity index (χ0v) is 12.1. The van der Waals surface area contributed by atoms with Crippen LogP contribution in [0.2, 0.25) is 0 Å². The maximum absolute atomic E-state index is 11.8. The van der Waals surface area contributed by atoms with E-state index < -0.39 is 5.41 Å². The number of aryl methyl sites for hydroxylation is 3. The Hall–Kier alpha value is -1.35. The Morgan fingerprint density at radius 3 is 2.06 bits per heavy atom. The molecule has 0 heterocycles. The molecule has 3 nitrogen and oxygen atoms in total. The molecule has 0 aliphatic heterocycles. The lowest BCUT2D eigenvalue weighted by molar-refractivity contribution is -0.152. The van der Waals surface area contributed by atoms with Gasteiger partial charge in [0.2, 0.25) is 0 Å². The summed E-state index contributed by atoms with van der Waals surface area (Å²) < 4.78 is 4.84. The first-order chi connectivity index (χ1) is 8.21. The van der Waals surface area contributed by atoms with Crippen molar-refractivity contribution in [1.29, 1.82) is 0 Å². The van der Waals surface area contributed by atoms with E-state index in [1.165, 1.54) is 12.7 Å². The van der Waals surface area contributed by atoms with E-state index in [-0.39, 0.29) is 12.0 Å². The molecule has 1 aromatic rings. The van der Waals surface area contributed by atoms with E-state index >= 15 is 0 Å². The van der Waals surface area contributed by atoms with Crippen molar-refractivity contribution < 1.29 is 9.53 Å². The predicted molar refractivity (Wildman–Crippen MR) is 73.4 cm³/mol. The number of ether oxygens (including phenoxy) is 1. The van der Waals surface area contributed by atoms with Crippen LogP contribution in [-0.4, -0.2) is 13.1 Å². The topological polar surface area (TPSA) is 52.3 Å². The molecular weight excluding hydrogens is 226 g/mol. The molecule has 3 heteroatoms. The van der Waals surface area contributed by atoms with E-state index in [1.807, 2.05) is 27.7 Å². The van der Waals surface area contributed by atoms with Crippen molar-refractivity contribution in [2.24, 2.45) is 11.1 Å². The standard InChI is InChI=1S/C15H23NO2/c1-9-7-10(2)12(11(3)8-9)13(16)15(4,5)14(17)18-6/h7-8,13H,16H2,1-6H3/t13-/m0/s1. The maximum atomic E-state index is 11.8. The summed E-state index contributed by atoms with van der Waals surface area (Å²) in [5.74, 6) is -0.283. The molecule has 0 bridgehead atoms. The zero-order chi connectivity index (χ0) is 14.1. The summed E-state index contributed by atoms with van der Waals surface area (Å²) in [6.45, 7) is 9.76. The SMILES string of the molecule is COC(=O)C(C)(C)[C@@H](N)c1c(C)cc(C)cc1C. The summed E-state index contributed by atoms with van der Waals surface area (Å²) in [5.41, 5.74) is 10.1. The molecule has 0 aromatic heterocycles. The molecular formula is C15H23NO2. The molecule has 0 spiro atoms. The number of esters is 1. The van der Waals surface area contributed by atoms with Crippen molar-refractivity contribution in [2.45, 2.75) is 40.7 Å². The molecule has 0 radical (unpaired) electrons.